The summed E-state index contributed by atoms with van der Waals surface area (Å²) in [6.45, 7) is 6.53. The molecular weight excluding hydrogens is 236 g/mol. The lowest BCUT2D eigenvalue weighted by Gasteiger charge is -2.35. The zero-order chi connectivity index (χ0) is 13.3. The highest BCUT2D eigenvalue weighted by Crippen LogP contribution is 2.46. The molecule has 0 atom stereocenters. The summed E-state index contributed by atoms with van der Waals surface area (Å²) in [7, 11) is 0. The smallest absolute Gasteiger partial charge is 0.0606 e. The van der Waals surface area contributed by atoms with Gasteiger partial charge in [0, 0.05) is 24.2 Å². The van der Waals surface area contributed by atoms with E-state index >= 15 is 0 Å². The van der Waals surface area contributed by atoms with E-state index in [2.05, 4.69) is 35.3 Å². The Morgan fingerprint density at radius 2 is 2.11 bits per heavy atom. The molecule has 3 heteroatoms. The van der Waals surface area contributed by atoms with Crippen LogP contribution in [0.25, 0.3) is 0 Å². The fourth-order valence-electron chi connectivity index (χ4n) is 3.69. The molecule has 2 heterocycles. The van der Waals surface area contributed by atoms with Gasteiger partial charge in [-0.1, -0.05) is 19.1 Å². The van der Waals surface area contributed by atoms with E-state index in [0.29, 0.717) is 5.41 Å². The monoisotopic (exact) mass is 260 g/mol. The molecule has 1 aromatic rings. The summed E-state index contributed by atoms with van der Waals surface area (Å²) in [5.74, 6) is 0. The number of anilines is 1. The molecule has 0 saturated carbocycles. The molecule has 1 spiro atoms. The van der Waals surface area contributed by atoms with Crippen LogP contribution in [0.1, 0.15) is 30.9 Å². The zero-order valence-electron chi connectivity index (χ0n) is 11.8. The van der Waals surface area contributed by atoms with Crippen molar-refractivity contribution in [3.63, 3.8) is 0 Å². The molecule has 2 aliphatic rings. The third kappa shape index (κ3) is 2.15. The highest BCUT2D eigenvalue weighted by Gasteiger charge is 2.42. The Morgan fingerprint density at radius 1 is 1.32 bits per heavy atom. The van der Waals surface area contributed by atoms with Gasteiger partial charge >= 0.3 is 0 Å². The van der Waals surface area contributed by atoms with Gasteiger partial charge in [0.1, 0.15) is 0 Å². The predicted molar refractivity (Wildman–Crippen MR) is 78.9 cm³/mol. The lowest BCUT2D eigenvalue weighted by molar-refractivity contribution is 0.290. The third-order valence-corrected chi connectivity index (χ3v) is 4.81. The minimum atomic E-state index is 0.239. The standard InChI is InChI=1S/C16H24N2O/c1-2-13-3-4-15-14(11-13)16(5-7-17-8-6-16)12-18(15)9-10-19/h3-4,11,17,19H,2,5-10,12H2,1H3. The van der Waals surface area contributed by atoms with Crippen molar-refractivity contribution < 1.29 is 5.11 Å². The van der Waals surface area contributed by atoms with Crippen LogP contribution in [-0.2, 0) is 11.8 Å². The van der Waals surface area contributed by atoms with Crippen molar-refractivity contribution >= 4 is 5.69 Å². The number of rotatable bonds is 3. The van der Waals surface area contributed by atoms with Crippen molar-refractivity contribution in [2.45, 2.75) is 31.6 Å². The van der Waals surface area contributed by atoms with E-state index in [1.807, 2.05) is 0 Å². The van der Waals surface area contributed by atoms with Crippen molar-refractivity contribution in [3.8, 4) is 0 Å². The third-order valence-electron chi connectivity index (χ3n) is 4.81. The van der Waals surface area contributed by atoms with Crippen LogP contribution in [-0.4, -0.2) is 37.9 Å². The molecule has 0 radical (unpaired) electrons. The number of benzene rings is 1. The first-order valence-corrected chi connectivity index (χ1v) is 7.49. The maximum atomic E-state index is 9.29. The average molecular weight is 260 g/mol. The van der Waals surface area contributed by atoms with Crippen LogP contribution in [0.2, 0.25) is 0 Å². The molecule has 0 bridgehead atoms. The molecule has 2 aliphatic heterocycles. The Kier molecular flexibility index (Phi) is 3.50. The number of piperidine rings is 1. The molecule has 1 aromatic carbocycles. The van der Waals surface area contributed by atoms with Crippen LogP contribution in [0, 0.1) is 0 Å². The number of β-amino-alcohol motifs (C(OH)–C–C–N with tert-alkyl or cyclic N) is 1. The molecule has 3 rings (SSSR count). The maximum absolute atomic E-state index is 9.29. The Labute approximate surface area is 115 Å². The van der Waals surface area contributed by atoms with E-state index in [-0.39, 0.29) is 6.61 Å². The van der Waals surface area contributed by atoms with Crippen molar-refractivity contribution in [1.82, 2.24) is 5.32 Å². The lowest BCUT2D eigenvalue weighted by Crippen LogP contribution is -2.43. The first-order chi connectivity index (χ1) is 9.29. The summed E-state index contributed by atoms with van der Waals surface area (Å²) in [5.41, 5.74) is 4.64. The number of hydrogen-bond acceptors (Lipinski definition) is 3. The SMILES string of the molecule is CCc1ccc2c(c1)C1(CCNCC1)CN2CCO. The second-order valence-corrected chi connectivity index (χ2v) is 5.88. The first-order valence-electron chi connectivity index (χ1n) is 7.49. The summed E-state index contributed by atoms with van der Waals surface area (Å²) in [4.78, 5) is 2.38. The molecular formula is C16H24N2O. The van der Waals surface area contributed by atoms with Gasteiger partial charge in [0.2, 0.25) is 0 Å². The van der Waals surface area contributed by atoms with Gasteiger partial charge in [0.15, 0.2) is 0 Å². The average Bonchev–Trinajstić information content (AvgIpc) is 2.74. The predicted octanol–water partition coefficient (Wildman–Crippen LogP) is 1.68. The van der Waals surface area contributed by atoms with Gasteiger partial charge in [-0.2, -0.15) is 0 Å². The van der Waals surface area contributed by atoms with E-state index in [0.717, 1.165) is 32.6 Å². The van der Waals surface area contributed by atoms with E-state index in [1.54, 1.807) is 0 Å². The largest absolute Gasteiger partial charge is 0.395 e. The molecule has 104 valence electrons. The highest BCUT2D eigenvalue weighted by atomic mass is 16.3. The number of aliphatic hydroxyl groups is 1. The Hall–Kier alpha value is -1.06. The maximum Gasteiger partial charge on any atom is 0.0606 e. The van der Waals surface area contributed by atoms with Crippen molar-refractivity contribution in [2.24, 2.45) is 0 Å². The molecule has 0 aliphatic carbocycles. The second kappa shape index (κ2) is 5.14. The van der Waals surface area contributed by atoms with Gasteiger partial charge < -0.3 is 15.3 Å². The van der Waals surface area contributed by atoms with Gasteiger partial charge in [-0.15, -0.1) is 0 Å². The van der Waals surface area contributed by atoms with Gasteiger partial charge in [-0.25, -0.2) is 0 Å². The van der Waals surface area contributed by atoms with Crippen LogP contribution < -0.4 is 10.2 Å². The minimum Gasteiger partial charge on any atom is -0.395 e. The van der Waals surface area contributed by atoms with Gasteiger partial charge in [-0.05, 0) is 49.5 Å². The molecule has 0 amide bonds. The Morgan fingerprint density at radius 3 is 2.79 bits per heavy atom. The lowest BCUT2D eigenvalue weighted by atomic mass is 9.74. The summed E-state index contributed by atoms with van der Waals surface area (Å²) in [6.07, 6.45) is 3.53. The molecule has 19 heavy (non-hydrogen) atoms. The summed E-state index contributed by atoms with van der Waals surface area (Å²) >= 11 is 0. The minimum absolute atomic E-state index is 0.239. The topological polar surface area (TPSA) is 35.5 Å². The quantitative estimate of drug-likeness (QED) is 0.868. The Balaban J connectivity index is 2.01. The fraction of sp³-hybridized carbons (Fsp3) is 0.625. The van der Waals surface area contributed by atoms with Crippen LogP contribution in [0.3, 0.4) is 0 Å². The van der Waals surface area contributed by atoms with Crippen LogP contribution in [0.5, 0.6) is 0 Å². The summed E-state index contributed by atoms with van der Waals surface area (Å²) in [5, 5.41) is 12.8. The van der Waals surface area contributed by atoms with Crippen LogP contribution in [0.4, 0.5) is 5.69 Å². The Bertz CT molecular complexity index is 452. The molecule has 0 aromatic heterocycles. The van der Waals surface area contributed by atoms with Gasteiger partial charge in [0.25, 0.3) is 0 Å². The number of aliphatic hydroxyl groups excluding tert-OH is 1. The number of nitrogens with one attached hydrogen (secondary N) is 1. The van der Waals surface area contributed by atoms with E-state index < -0.39 is 0 Å². The van der Waals surface area contributed by atoms with Gasteiger partial charge in [-0.3, -0.25) is 0 Å². The summed E-state index contributed by atoms with van der Waals surface area (Å²) in [6, 6.07) is 6.92. The van der Waals surface area contributed by atoms with E-state index in [4.69, 9.17) is 0 Å². The number of aryl methyl sites for hydroxylation is 1. The first kappa shape index (κ1) is 12.9. The van der Waals surface area contributed by atoms with Crippen LogP contribution in [0.15, 0.2) is 18.2 Å². The van der Waals surface area contributed by atoms with Crippen LogP contribution >= 0.6 is 0 Å². The van der Waals surface area contributed by atoms with E-state index in [9.17, 15) is 5.11 Å². The number of nitrogens with zero attached hydrogens (tertiary/aromatic N) is 1. The number of hydrogen-bond donors (Lipinski definition) is 2. The normalized spacial score (nSPS) is 20.8. The molecule has 1 saturated heterocycles. The highest BCUT2D eigenvalue weighted by molar-refractivity contribution is 5.64. The second-order valence-electron chi connectivity index (χ2n) is 5.88. The zero-order valence-corrected chi connectivity index (χ0v) is 11.8. The molecule has 2 N–H and O–H groups in total. The van der Waals surface area contributed by atoms with Gasteiger partial charge in [0.05, 0.1) is 6.61 Å². The summed E-state index contributed by atoms with van der Waals surface area (Å²) < 4.78 is 0. The molecule has 3 nitrogen and oxygen atoms in total. The van der Waals surface area contributed by atoms with Crippen molar-refractivity contribution in [2.75, 3.05) is 37.7 Å². The van der Waals surface area contributed by atoms with Crippen molar-refractivity contribution in [1.29, 1.82) is 0 Å². The number of fused-ring (bicyclic) bond motifs is 2. The molecule has 0 unspecified atom stereocenters. The fourth-order valence-corrected chi connectivity index (χ4v) is 3.69. The van der Waals surface area contributed by atoms with E-state index in [1.165, 1.54) is 29.7 Å². The molecule has 1 fully saturated rings. The van der Waals surface area contributed by atoms with Crippen molar-refractivity contribution in [3.05, 3.63) is 29.3 Å².